The lowest BCUT2D eigenvalue weighted by Gasteiger charge is -2.36. The number of hydrogen-bond acceptors (Lipinski definition) is 6. The van der Waals surface area contributed by atoms with Gasteiger partial charge in [-0.15, -0.1) is 0 Å². The van der Waals surface area contributed by atoms with E-state index in [9.17, 15) is 24.9 Å². The Morgan fingerprint density at radius 1 is 1.48 bits per heavy atom. The highest BCUT2D eigenvalue weighted by molar-refractivity contribution is 5.91. The minimum atomic E-state index is -1.50. The third kappa shape index (κ3) is 2.92. The van der Waals surface area contributed by atoms with Gasteiger partial charge in [0, 0.05) is 12.0 Å². The molecule has 1 aliphatic heterocycles. The monoisotopic (exact) mass is 296 g/mol. The third-order valence-corrected chi connectivity index (χ3v) is 4.28. The van der Waals surface area contributed by atoms with Crippen LogP contribution in [-0.4, -0.2) is 51.5 Å². The van der Waals surface area contributed by atoms with Gasteiger partial charge >= 0.3 is 5.97 Å². The second-order valence-corrected chi connectivity index (χ2v) is 5.93. The number of aliphatic hydroxyl groups is 3. The van der Waals surface area contributed by atoms with Crippen LogP contribution in [0, 0.1) is 5.92 Å². The molecular formula is C15H20O6. The van der Waals surface area contributed by atoms with Gasteiger partial charge in [0.1, 0.15) is 18.5 Å². The molecule has 1 heterocycles. The normalized spacial score (nSPS) is 41.0. The zero-order chi connectivity index (χ0) is 15.8. The molecule has 116 valence electrons. The number of aliphatic hydroxyl groups excluding tert-OH is 2. The van der Waals surface area contributed by atoms with Crippen molar-refractivity contribution in [3.8, 4) is 0 Å². The van der Waals surface area contributed by atoms with Crippen molar-refractivity contribution in [2.75, 3.05) is 0 Å². The van der Waals surface area contributed by atoms with Crippen molar-refractivity contribution in [3.05, 3.63) is 23.8 Å². The first-order valence-corrected chi connectivity index (χ1v) is 6.90. The summed E-state index contributed by atoms with van der Waals surface area (Å²) < 4.78 is 5.08. The molecule has 1 saturated heterocycles. The van der Waals surface area contributed by atoms with Crippen LogP contribution in [-0.2, 0) is 14.3 Å². The summed E-state index contributed by atoms with van der Waals surface area (Å²) in [4.78, 5) is 22.7. The summed E-state index contributed by atoms with van der Waals surface area (Å²) >= 11 is 0. The molecule has 0 bridgehead atoms. The number of hydrogen-bond donors (Lipinski definition) is 3. The van der Waals surface area contributed by atoms with Crippen molar-refractivity contribution in [1.29, 1.82) is 0 Å². The van der Waals surface area contributed by atoms with E-state index in [1.54, 1.807) is 6.08 Å². The summed E-state index contributed by atoms with van der Waals surface area (Å²) in [6, 6.07) is 0. The Hall–Kier alpha value is -1.50. The van der Waals surface area contributed by atoms with E-state index in [2.05, 4.69) is 6.58 Å². The number of ether oxygens (including phenoxy) is 1. The van der Waals surface area contributed by atoms with Crippen LogP contribution in [0.15, 0.2) is 23.8 Å². The number of rotatable bonds is 1. The second-order valence-electron chi connectivity index (χ2n) is 5.93. The maximum absolute atomic E-state index is 11.7. The minimum Gasteiger partial charge on any atom is -0.455 e. The largest absolute Gasteiger partial charge is 0.455 e. The Morgan fingerprint density at radius 3 is 2.76 bits per heavy atom. The fourth-order valence-corrected chi connectivity index (χ4v) is 2.92. The lowest BCUT2D eigenvalue weighted by molar-refractivity contribution is -0.162. The van der Waals surface area contributed by atoms with Crippen LogP contribution < -0.4 is 0 Å². The van der Waals surface area contributed by atoms with Gasteiger partial charge in [0.2, 0.25) is 0 Å². The van der Waals surface area contributed by atoms with Gasteiger partial charge in [-0.2, -0.15) is 0 Å². The summed E-state index contributed by atoms with van der Waals surface area (Å²) in [5, 5.41) is 31.0. The molecule has 1 fully saturated rings. The molecular weight excluding hydrogens is 276 g/mol. The van der Waals surface area contributed by atoms with E-state index < -0.39 is 35.8 Å². The van der Waals surface area contributed by atoms with Gasteiger partial charge in [0.15, 0.2) is 0 Å². The summed E-state index contributed by atoms with van der Waals surface area (Å²) in [6.07, 6.45) is -0.605. The van der Waals surface area contributed by atoms with Gasteiger partial charge in [-0.05, 0) is 25.3 Å². The lowest BCUT2D eigenvalue weighted by atomic mass is 9.78. The number of carbonyl (C=O) groups is 2. The molecule has 0 amide bonds. The smallest absolute Gasteiger partial charge is 0.334 e. The number of aldehydes is 1. The zero-order valence-corrected chi connectivity index (χ0v) is 11.9. The maximum atomic E-state index is 11.7. The van der Waals surface area contributed by atoms with Gasteiger partial charge in [-0.25, -0.2) is 4.79 Å². The van der Waals surface area contributed by atoms with Crippen molar-refractivity contribution >= 4 is 12.3 Å². The third-order valence-electron chi connectivity index (χ3n) is 4.28. The number of carbonyl (C=O) groups excluding carboxylic acids is 2. The fraction of sp³-hybridized carbons (Fsp3) is 0.600. The molecule has 2 aliphatic rings. The molecule has 6 nitrogen and oxygen atoms in total. The van der Waals surface area contributed by atoms with Crippen LogP contribution >= 0.6 is 0 Å². The van der Waals surface area contributed by atoms with Gasteiger partial charge < -0.3 is 20.1 Å². The molecule has 1 aliphatic carbocycles. The molecule has 0 saturated carbocycles. The average Bonchev–Trinajstić information content (AvgIpc) is 2.71. The van der Waals surface area contributed by atoms with E-state index >= 15 is 0 Å². The fourth-order valence-electron chi connectivity index (χ4n) is 2.92. The molecule has 0 radical (unpaired) electrons. The maximum Gasteiger partial charge on any atom is 0.334 e. The SMILES string of the molecule is C=C1C(=O)OC2C1C(O)CC(C=O)=CCCC(C)(O)C2O. The molecule has 2 rings (SSSR count). The molecule has 5 atom stereocenters. The summed E-state index contributed by atoms with van der Waals surface area (Å²) in [5.41, 5.74) is -1.07. The highest BCUT2D eigenvalue weighted by Crippen LogP contribution is 2.38. The van der Waals surface area contributed by atoms with Gasteiger partial charge in [-0.3, -0.25) is 4.79 Å². The zero-order valence-electron chi connectivity index (χ0n) is 11.9. The number of esters is 1. The first-order valence-electron chi connectivity index (χ1n) is 6.90. The molecule has 0 aromatic carbocycles. The van der Waals surface area contributed by atoms with E-state index in [0.717, 1.165) is 0 Å². The van der Waals surface area contributed by atoms with E-state index in [1.807, 2.05) is 0 Å². The van der Waals surface area contributed by atoms with Crippen LogP contribution in [0.3, 0.4) is 0 Å². The van der Waals surface area contributed by atoms with Gasteiger partial charge in [-0.1, -0.05) is 12.7 Å². The number of fused-ring (bicyclic) bond motifs is 1. The number of allylic oxidation sites excluding steroid dienone is 1. The summed E-state index contributed by atoms with van der Waals surface area (Å²) in [6.45, 7) is 5.03. The van der Waals surface area contributed by atoms with Gasteiger partial charge in [0.25, 0.3) is 0 Å². The Bertz CT molecular complexity index is 492. The standard InChI is InChI=1S/C15H20O6/c1-8-11-10(17)6-9(7-16)4-3-5-15(2,20)13(18)12(11)21-14(8)19/h4,7,10-13,17-18,20H,1,3,5-6H2,2H3. The topological polar surface area (TPSA) is 104 Å². The summed E-state index contributed by atoms with van der Waals surface area (Å²) in [5.74, 6) is -1.55. The van der Waals surface area contributed by atoms with Crippen LogP contribution in [0.4, 0.5) is 0 Å². The van der Waals surface area contributed by atoms with Crippen molar-refractivity contribution in [2.45, 2.75) is 50.1 Å². The predicted molar refractivity (Wildman–Crippen MR) is 73.1 cm³/mol. The van der Waals surface area contributed by atoms with Crippen LogP contribution in [0.25, 0.3) is 0 Å². The van der Waals surface area contributed by atoms with E-state index in [-0.39, 0.29) is 18.4 Å². The average molecular weight is 296 g/mol. The van der Waals surface area contributed by atoms with E-state index in [4.69, 9.17) is 4.74 Å². The first kappa shape index (κ1) is 15.9. The summed E-state index contributed by atoms with van der Waals surface area (Å²) in [7, 11) is 0. The quantitative estimate of drug-likeness (QED) is 0.354. The van der Waals surface area contributed by atoms with Crippen molar-refractivity contribution < 1.29 is 29.6 Å². The van der Waals surface area contributed by atoms with E-state index in [0.29, 0.717) is 18.3 Å². The molecule has 6 heteroatoms. The predicted octanol–water partition coefficient (Wildman–Crippen LogP) is -0.134. The molecule has 0 spiro atoms. The minimum absolute atomic E-state index is 0.0492. The second kappa shape index (κ2) is 5.71. The molecule has 3 N–H and O–H groups in total. The van der Waals surface area contributed by atoms with Crippen LogP contribution in [0.2, 0.25) is 0 Å². The van der Waals surface area contributed by atoms with E-state index in [1.165, 1.54) is 6.92 Å². The Morgan fingerprint density at radius 2 is 2.14 bits per heavy atom. The Labute approximate surface area is 122 Å². The van der Waals surface area contributed by atoms with Crippen LogP contribution in [0.1, 0.15) is 26.2 Å². The highest BCUT2D eigenvalue weighted by Gasteiger charge is 2.51. The first-order chi connectivity index (χ1) is 9.77. The van der Waals surface area contributed by atoms with Crippen molar-refractivity contribution in [1.82, 2.24) is 0 Å². The van der Waals surface area contributed by atoms with Crippen molar-refractivity contribution in [2.24, 2.45) is 5.92 Å². The van der Waals surface area contributed by atoms with Gasteiger partial charge in [0.05, 0.1) is 17.6 Å². The lowest BCUT2D eigenvalue weighted by Crippen LogP contribution is -2.51. The molecule has 5 unspecified atom stereocenters. The van der Waals surface area contributed by atoms with Crippen molar-refractivity contribution in [3.63, 3.8) is 0 Å². The molecule has 0 aromatic heterocycles. The Balaban J connectivity index is 2.41. The highest BCUT2D eigenvalue weighted by atomic mass is 16.6. The van der Waals surface area contributed by atoms with Crippen LogP contribution in [0.5, 0.6) is 0 Å². The molecule has 0 aromatic rings. The Kier molecular flexibility index (Phi) is 4.32. The molecule has 21 heavy (non-hydrogen) atoms.